The summed E-state index contributed by atoms with van der Waals surface area (Å²) in [6.07, 6.45) is -0.390. The van der Waals surface area contributed by atoms with Crippen molar-refractivity contribution in [3.05, 3.63) is 58.0 Å². The molecular formula is C13H14FNOS. The molecule has 0 fully saturated rings. The fourth-order valence-corrected chi connectivity index (χ4v) is 2.22. The minimum atomic E-state index is -0.390. The molecule has 0 radical (unpaired) electrons. The van der Waals surface area contributed by atoms with Crippen LogP contribution in [0.25, 0.3) is 0 Å². The van der Waals surface area contributed by atoms with Gasteiger partial charge in [0, 0.05) is 17.0 Å². The summed E-state index contributed by atoms with van der Waals surface area (Å²) in [5.74, 6) is -0.269. The van der Waals surface area contributed by atoms with E-state index in [1.807, 2.05) is 17.5 Å². The molecule has 0 saturated carbocycles. The van der Waals surface area contributed by atoms with Crippen molar-refractivity contribution in [2.24, 2.45) is 5.73 Å². The van der Waals surface area contributed by atoms with Gasteiger partial charge in [-0.25, -0.2) is 4.39 Å². The normalized spacial score (nSPS) is 12.6. The van der Waals surface area contributed by atoms with Gasteiger partial charge < -0.3 is 10.5 Å². The second-order valence-corrected chi connectivity index (χ2v) is 4.67. The van der Waals surface area contributed by atoms with E-state index in [-0.39, 0.29) is 12.4 Å². The SMILES string of the molecule is NCC(OCc1cccs1)c1ccccc1F. The minimum absolute atomic E-state index is 0.269. The Labute approximate surface area is 104 Å². The van der Waals surface area contributed by atoms with E-state index in [0.717, 1.165) is 4.88 Å². The predicted molar refractivity (Wildman–Crippen MR) is 67.3 cm³/mol. The van der Waals surface area contributed by atoms with E-state index in [4.69, 9.17) is 10.5 Å². The summed E-state index contributed by atoms with van der Waals surface area (Å²) in [5.41, 5.74) is 6.14. The first kappa shape index (κ1) is 12.2. The van der Waals surface area contributed by atoms with Gasteiger partial charge >= 0.3 is 0 Å². The summed E-state index contributed by atoms with van der Waals surface area (Å²) in [7, 11) is 0. The molecule has 1 aromatic heterocycles. The van der Waals surface area contributed by atoms with Crippen LogP contribution >= 0.6 is 11.3 Å². The van der Waals surface area contributed by atoms with Crippen LogP contribution in [0, 0.1) is 5.82 Å². The molecule has 1 atom stereocenters. The summed E-state index contributed by atoms with van der Waals surface area (Å²) < 4.78 is 19.2. The maximum absolute atomic E-state index is 13.6. The maximum atomic E-state index is 13.6. The van der Waals surface area contributed by atoms with Gasteiger partial charge in [0.05, 0.1) is 12.7 Å². The van der Waals surface area contributed by atoms with Gasteiger partial charge in [0.25, 0.3) is 0 Å². The summed E-state index contributed by atoms with van der Waals surface area (Å²) in [4.78, 5) is 1.11. The molecule has 0 amide bonds. The van der Waals surface area contributed by atoms with Crippen LogP contribution < -0.4 is 5.73 Å². The van der Waals surface area contributed by atoms with Crippen LogP contribution in [0.4, 0.5) is 4.39 Å². The molecular weight excluding hydrogens is 237 g/mol. The van der Waals surface area contributed by atoms with E-state index < -0.39 is 6.10 Å². The molecule has 0 aliphatic rings. The lowest BCUT2D eigenvalue weighted by molar-refractivity contribution is 0.0449. The molecule has 4 heteroatoms. The topological polar surface area (TPSA) is 35.2 Å². The van der Waals surface area contributed by atoms with Gasteiger partial charge in [0.2, 0.25) is 0 Å². The third-order valence-corrected chi connectivity index (χ3v) is 3.32. The number of hydrogen-bond donors (Lipinski definition) is 1. The molecule has 0 saturated heterocycles. The Morgan fingerprint density at radius 3 is 2.71 bits per heavy atom. The molecule has 2 rings (SSSR count). The lowest BCUT2D eigenvalue weighted by Crippen LogP contribution is -2.16. The molecule has 2 N–H and O–H groups in total. The zero-order valence-corrected chi connectivity index (χ0v) is 10.1. The summed E-state index contributed by atoms with van der Waals surface area (Å²) in [6, 6.07) is 10.5. The minimum Gasteiger partial charge on any atom is -0.367 e. The zero-order valence-electron chi connectivity index (χ0n) is 9.30. The van der Waals surface area contributed by atoms with E-state index >= 15 is 0 Å². The van der Waals surface area contributed by atoms with Crippen LogP contribution in [-0.2, 0) is 11.3 Å². The molecule has 0 aliphatic heterocycles. The zero-order chi connectivity index (χ0) is 12.1. The van der Waals surface area contributed by atoms with E-state index in [1.54, 1.807) is 29.5 Å². The Hall–Kier alpha value is -1.23. The lowest BCUT2D eigenvalue weighted by Gasteiger charge is -2.16. The fraction of sp³-hybridized carbons (Fsp3) is 0.231. The number of halogens is 1. The standard InChI is InChI=1S/C13H14FNOS/c14-12-6-2-1-5-11(12)13(8-15)16-9-10-4-3-7-17-10/h1-7,13H,8-9,15H2. The fourth-order valence-electron chi connectivity index (χ4n) is 1.60. The third-order valence-electron chi connectivity index (χ3n) is 2.47. The van der Waals surface area contributed by atoms with Gasteiger partial charge in [-0.15, -0.1) is 11.3 Å². The molecule has 1 unspecified atom stereocenters. The van der Waals surface area contributed by atoms with Crippen LogP contribution in [0.3, 0.4) is 0 Å². The quantitative estimate of drug-likeness (QED) is 0.886. The average molecular weight is 251 g/mol. The van der Waals surface area contributed by atoms with Crippen LogP contribution in [0.1, 0.15) is 16.5 Å². The molecule has 0 aliphatic carbocycles. The van der Waals surface area contributed by atoms with Gasteiger partial charge in [-0.05, 0) is 17.5 Å². The van der Waals surface area contributed by atoms with E-state index in [1.165, 1.54) is 6.07 Å². The molecule has 17 heavy (non-hydrogen) atoms. The van der Waals surface area contributed by atoms with Gasteiger partial charge in [0.15, 0.2) is 0 Å². The van der Waals surface area contributed by atoms with Crippen molar-refractivity contribution >= 4 is 11.3 Å². The number of ether oxygens (including phenoxy) is 1. The first-order valence-corrected chi connectivity index (χ1v) is 6.27. The Morgan fingerprint density at radius 2 is 2.06 bits per heavy atom. The maximum Gasteiger partial charge on any atom is 0.129 e. The van der Waals surface area contributed by atoms with Crippen molar-refractivity contribution in [3.63, 3.8) is 0 Å². The van der Waals surface area contributed by atoms with Gasteiger partial charge in [-0.2, -0.15) is 0 Å². The number of benzene rings is 1. The molecule has 1 heterocycles. The van der Waals surface area contributed by atoms with Gasteiger partial charge in [-0.3, -0.25) is 0 Å². The first-order chi connectivity index (χ1) is 8.31. The number of nitrogens with two attached hydrogens (primary N) is 1. The second-order valence-electron chi connectivity index (χ2n) is 3.64. The van der Waals surface area contributed by atoms with Crippen molar-refractivity contribution in [2.45, 2.75) is 12.7 Å². The Bertz CT molecular complexity index is 458. The van der Waals surface area contributed by atoms with Crippen molar-refractivity contribution in [2.75, 3.05) is 6.54 Å². The highest BCUT2D eigenvalue weighted by Gasteiger charge is 2.14. The number of hydrogen-bond acceptors (Lipinski definition) is 3. The summed E-state index contributed by atoms with van der Waals surface area (Å²) >= 11 is 1.62. The van der Waals surface area contributed by atoms with Crippen molar-refractivity contribution in [1.82, 2.24) is 0 Å². The molecule has 0 bridgehead atoms. The number of rotatable bonds is 5. The monoisotopic (exact) mass is 251 g/mol. The highest BCUT2D eigenvalue weighted by Crippen LogP contribution is 2.22. The molecule has 2 aromatic rings. The van der Waals surface area contributed by atoms with Crippen LogP contribution in [0.15, 0.2) is 41.8 Å². The molecule has 0 spiro atoms. The number of thiophene rings is 1. The largest absolute Gasteiger partial charge is 0.367 e. The smallest absolute Gasteiger partial charge is 0.129 e. The van der Waals surface area contributed by atoms with E-state index in [9.17, 15) is 4.39 Å². The molecule has 90 valence electrons. The van der Waals surface area contributed by atoms with Crippen LogP contribution in [0.2, 0.25) is 0 Å². The predicted octanol–water partition coefficient (Wildman–Crippen LogP) is 3.10. The third kappa shape index (κ3) is 3.12. The Kier molecular flexibility index (Phi) is 4.25. The van der Waals surface area contributed by atoms with Gasteiger partial charge in [-0.1, -0.05) is 24.3 Å². The highest BCUT2D eigenvalue weighted by atomic mass is 32.1. The molecule has 1 aromatic carbocycles. The Balaban J connectivity index is 2.04. The Morgan fingerprint density at radius 1 is 1.24 bits per heavy atom. The second kappa shape index (κ2) is 5.91. The lowest BCUT2D eigenvalue weighted by atomic mass is 10.1. The van der Waals surface area contributed by atoms with Crippen molar-refractivity contribution in [3.8, 4) is 0 Å². The van der Waals surface area contributed by atoms with Crippen molar-refractivity contribution < 1.29 is 9.13 Å². The average Bonchev–Trinajstić information content (AvgIpc) is 2.85. The van der Waals surface area contributed by atoms with Crippen LogP contribution in [0.5, 0.6) is 0 Å². The van der Waals surface area contributed by atoms with Crippen LogP contribution in [-0.4, -0.2) is 6.54 Å². The van der Waals surface area contributed by atoms with E-state index in [2.05, 4.69) is 0 Å². The van der Waals surface area contributed by atoms with Crippen molar-refractivity contribution in [1.29, 1.82) is 0 Å². The van der Waals surface area contributed by atoms with Gasteiger partial charge in [0.1, 0.15) is 5.82 Å². The summed E-state index contributed by atoms with van der Waals surface area (Å²) in [6.45, 7) is 0.736. The van der Waals surface area contributed by atoms with E-state index in [0.29, 0.717) is 12.2 Å². The first-order valence-electron chi connectivity index (χ1n) is 5.39. The highest BCUT2D eigenvalue weighted by molar-refractivity contribution is 7.09. The summed E-state index contributed by atoms with van der Waals surface area (Å²) in [5, 5.41) is 1.99. The molecule has 2 nitrogen and oxygen atoms in total.